The second-order valence-electron chi connectivity index (χ2n) is 8.45. The summed E-state index contributed by atoms with van der Waals surface area (Å²) < 4.78 is 5.33. The van der Waals surface area contributed by atoms with Crippen molar-refractivity contribution in [3.8, 4) is 5.75 Å². The number of H-pyrrole nitrogens is 2. The van der Waals surface area contributed by atoms with E-state index in [2.05, 4.69) is 20.6 Å². The number of aromatic amines is 2. The lowest BCUT2D eigenvalue weighted by molar-refractivity contribution is -0.128. The fourth-order valence-electron chi connectivity index (χ4n) is 3.70. The average Bonchev–Trinajstić information content (AvgIpc) is 3.23. The summed E-state index contributed by atoms with van der Waals surface area (Å²) >= 11 is 0. The monoisotopic (exact) mass is 467 g/mol. The van der Waals surface area contributed by atoms with Crippen molar-refractivity contribution in [1.82, 2.24) is 20.6 Å². The Morgan fingerprint density at radius 3 is 2.50 bits per heavy atom. The van der Waals surface area contributed by atoms with Crippen LogP contribution in [0.1, 0.15) is 36.3 Å². The summed E-state index contributed by atoms with van der Waals surface area (Å²) in [6, 6.07) is 8.20. The van der Waals surface area contributed by atoms with Crippen molar-refractivity contribution in [3.05, 3.63) is 64.2 Å². The number of primary amides is 1. The molecule has 2 heterocycles. The Bertz CT molecular complexity index is 1250. The Balaban J connectivity index is 1.78. The fourth-order valence-corrected chi connectivity index (χ4v) is 3.70. The lowest BCUT2D eigenvalue weighted by atomic mass is 10.0. The summed E-state index contributed by atoms with van der Waals surface area (Å²) in [5, 5.41) is 6.07. The molecule has 0 aliphatic carbocycles. The third kappa shape index (κ3) is 5.83. The van der Waals surface area contributed by atoms with E-state index in [1.54, 1.807) is 37.4 Å². The van der Waals surface area contributed by atoms with E-state index >= 15 is 0 Å². The Morgan fingerprint density at radius 2 is 1.85 bits per heavy atom. The molecule has 6 N–H and O–H groups in total. The normalized spacial score (nSPS) is 12.8. The number of rotatable bonds is 10. The first-order chi connectivity index (χ1) is 16.2. The standard InChI is InChI=1S/C24H29N5O5/c1-13(2)10-18(23(32)28-17(21(25)30)11-14-6-5-9-26-22(14)31)29-24(33)19-12-15-16(27-19)7-4-8-20(15)34-3/h4-9,12-13,17-18,27H,10-11H2,1-3H3,(H2,25,30)(H,26,31)(H,28,32)(H,29,33)/t17?,18-/m0/s1. The summed E-state index contributed by atoms with van der Waals surface area (Å²) in [4.78, 5) is 55.5. The molecule has 10 nitrogen and oxygen atoms in total. The van der Waals surface area contributed by atoms with Crippen LogP contribution in [0.4, 0.5) is 0 Å². The summed E-state index contributed by atoms with van der Waals surface area (Å²) in [5.41, 5.74) is 6.40. The van der Waals surface area contributed by atoms with Crippen molar-refractivity contribution in [2.75, 3.05) is 7.11 Å². The van der Waals surface area contributed by atoms with Crippen molar-refractivity contribution in [1.29, 1.82) is 0 Å². The van der Waals surface area contributed by atoms with Crippen molar-refractivity contribution in [2.24, 2.45) is 11.7 Å². The van der Waals surface area contributed by atoms with Crippen molar-refractivity contribution >= 4 is 28.6 Å². The highest BCUT2D eigenvalue weighted by Gasteiger charge is 2.28. The Kier molecular flexibility index (Phi) is 7.72. The topological polar surface area (TPSA) is 159 Å². The minimum Gasteiger partial charge on any atom is -0.496 e. The van der Waals surface area contributed by atoms with Gasteiger partial charge in [-0.05, 0) is 36.6 Å². The molecule has 3 rings (SSSR count). The van der Waals surface area contributed by atoms with E-state index in [4.69, 9.17) is 10.5 Å². The number of nitrogens with one attached hydrogen (secondary N) is 4. The molecule has 10 heteroatoms. The van der Waals surface area contributed by atoms with Crippen LogP contribution in [-0.2, 0) is 16.0 Å². The van der Waals surface area contributed by atoms with Gasteiger partial charge in [0.25, 0.3) is 11.5 Å². The van der Waals surface area contributed by atoms with Gasteiger partial charge in [0.1, 0.15) is 23.5 Å². The predicted molar refractivity (Wildman–Crippen MR) is 127 cm³/mol. The molecule has 34 heavy (non-hydrogen) atoms. The van der Waals surface area contributed by atoms with Gasteiger partial charge in [0.2, 0.25) is 11.8 Å². The second-order valence-corrected chi connectivity index (χ2v) is 8.45. The maximum Gasteiger partial charge on any atom is 0.268 e. The number of hydrogen-bond donors (Lipinski definition) is 5. The molecule has 0 spiro atoms. The molecule has 1 unspecified atom stereocenters. The number of pyridine rings is 1. The van der Waals surface area contributed by atoms with Crippen molar-refractivity contribution in [3.63, 3.8) is 0 Å². The minimum atomic E-state index is -1.11. The number of carbonyl (C=O) groups excluding carboxylic acids is 3. The van der Waals surface area contributed by atoms with Crippen LogP contribution in [0.25, 0.3) is 10.9 Å². The first-order valence-corrected chi connectivity index (χ1v) is 10.9. The highest BCUT2D eigenvalue weighted by atomic mass is 16.5. The summed E-state index contributed by atoms with van der Waals surface area (Å²) in [7, 11) is 1.54. The van der Waals surface area contributed by atoms with Gasteiger partial charge >= 0.3 is 0 Å². The number of fused-ring (bicyclic) bond motifs is 1. The lowest BCUT2D eigenvalue weighted by Crippen LogP contribution is -2.54. The quantitative estimate of drug-likeness (QED) is 0.303. The third-order valence-electron chi connectivity index (χ3n) is 5.40. The van der Waals surface area contributed by atoms with Crippen LogP contribution in [0.3, 0.4) is 0 Å². The molecule has 0 radical (unpaired) electrons. The van der Waals surface area contributed by atoms with Gasteiger partial charge < -0.3 is 31.1 Å². The fraction of sp³-hybridized carbons (Fsp3) is 0.333. The molecule has 0 bridgehead atoms. The van der Waals surface area contributed by atoms with E-state index in [1.165, 1.54) is 6.20 Å². The second kappa shape index (κ2) is 10.7. The molecule has 0 fully saturated rings. The molecular weight excluding hydrogens is 438 g/mol. The van der Waals surface area contributed by atoms with E-state index in [9.17, 15) is 19.2 Å². The van der Waals surface area contributed by atoms with Crippen molar-refractivity contribution < 1.29 is 19.1 Å². The number of ether oxygens (including phenoxy) is 1. The van der Waals surface area contributed by atoms with Gasteiger partial charge in [-0.15, -0.1) is 0 Å². The molecule has 3 aromatic rings. The summed E-state index contributed by atoms with van der Waals surface area (Å²) in [6.45, 7) is 3.82. The molecule has 0 saturated heterocycles. The molecule has 3 amide bonds. The van der Waals surface area contributed by atoms with Crippen LogP contribution in [-0.4, -0.2) is 46.9 Å². The maximum atomic E-state index is 13.1. The zero-order chi connectivity index (χ0) is 24.8. The molecular formula is C24H29N5O5. The highest BCUT2D eigenvalue weighted by molar-refractivity contribution is 6.01. The molecule has 2 atom stereocenters. The SMILES string of the molecule is COc1cccc2[nH]c(C(=O)N[C@@H](CC(C)C)C(=O)NC(Cc3ccc[nH]c3=O)C(N)=O)cc12. The number of methoxy groups -OCH3 is 1. The Morgan fingerprint density at radius 1 is 1.09 bits per heavy atom. The van der Waals surface area contributed by atoms with E-state index in [1.807, 2.05) is 19.9 Å². The van der Waals surface area contributed by atoms with Gasteiger partial charge in [0, 0.05) is 29.1 Å². The van der Waals surface area contributed by atoms with Gasteiger partial charge in [-0.25, -0.2) is 0 Å². The predicted octanol–water partition coefficient (Wildman–Crippen LogP) is 1.22. The maximum absolute atomic E-state index is 13.1. The molecule has 2 aromatic heterocycles. The first-order valence-electron chi connectivity index (χ1n) is 10.9. The van der Waals surface area contributed by atoms with Gasteiger partial charge in [-0.1, -0.05) is 26.0 Å². The first kappa shape index (κ1) is 24.6. The summed E-state index contributed by atoms with van der Waals surface area (Å²) in [5.74, 6) is -1.14. The lowest BCUT2D eigenvalue weighted by Gasteiger charge is -2.23. The van der Waals surface area contributed by atoms with Crippen LogP contribution < -0.4 is 26.7 Å². The summed E-state index contributed by atoms with van der Waals surface area (Å²) in [6.07, 6.45) is 1.73. The van der Waals surface area contributed by atoms with E-state index in [0.717, 1.165) is 10.9 Å². The molecule has 0 aliphatic heterocycles. The molecule has 180 valence electrons. The number of benzene rings is 1. The van der Waals surface area contributed by atoms with Crippen LogP contribution in [0, 0.1) is 5.92 Å². The number of amides is 3. The average molecular weight is 468 g/mol. The van der Waals surface area contributed by atoms with Gasteiger partial charge in [-0.3, -0.25) is 19.2 Å². The van der Waals surface area contributed by atoms with E-state index in [-0.39, 0.29) is 23.6 Å². The smallest absolute Gasteiger partial charge is 0.268 e. The van der Waals surface area contributed by atoms with Crippen LogP contribution in [0.2, 0.25) is 0 Å². The van der Waals surface area contributed by atoms with Gasteiger partial charge in [0.05, 0.1) is 7.11 Å². The molecule has 1 aromatic carbocycles. The van der Waals surface area contributed by atoms with Crippen LogP contribution in [0.5, 0.6) is 5.75 Å². The third-order valence-corrected chi connectivity index (χ3v) is 5.40. The zero-order valence-corrected chi connectivity index (χ0v) is 19.3. The zero-order valence-electron chi connectivity index (χ0n) is 19.3. The number of hydrogen-bond acceptors (Lipinski definition) is 5. The van der Waals surface area contributed by atoms with Crippen LogP contribution >= 0.6 is 0 Å². The van der Waals surface area contributed by atoms with Gasteiger partial charge in [0.15, 0.2) is 0 Å². The highest BCUT2D eigenvalue weighted by Crippen LogP contribution is 2.26. The van der Waals surface area contributed by atoms with Crippen molar-refractivity contribution in [2.45, 2.75) is 38.8 Å². The van der Waals surface area contributed by atoms with E-state index in [0.29, 0.717) is 17.7 Å². The minimum absolute atomic E-state index is 0.0681. The number of nitrogens with two attached hydrogens (primary N) is 1. The molecule has 0 aliphatic rings. The van der Waals surface area contributed by atoms with Crippen LogP contribution in [0.15, 0.2) is 47.4 Å². The van der Waals surface area contributed by atoms with E-state index < -0.39 is 29.8 Å². The number of carbonyl (C=O) groups is 3. The van der Waals surface area contributed by atoms with Gasteiger partial charge in [-0.2, -0.15) is 0 Å². The Labute approximate surface area is 196 Å². The Hall–Kier alpha value is -4.08. The number of aromatic nitrogens is 2. The largest absolute Gasteiger partial charge is 0.496 e. The molecule has 0 saturated carbocycles.